The quantitative estimate of drug-likeness (QED) is 0.783. The maximum atomic E-state index is 11.0. The van der Waals surface area contributed by atoms with E-state index in [1.165, 1.54) is 18.4 Å². The Hall–Kier alpha value is -1.55. The van der Waals surface area contributed by atoms with Crippen molar-refractivity contribution in [2.45, 2.75) is 32.9 Å². The Balaban J connectivity index is 2.21. The predicted molar refractivity (Wildman–Crippen MR) is 66.8 cm³/mol. The molecule has 17 heavy (non-hydrogen) atoms. The lowest BCUT2D eigenvalue weighted by Gasteiger charge is -2.13. The number of nitrogens with two attached hydrogens (primary N) is 1. The van der Waals surface area contributed by atoms with E-state index in [1.54, 1.807) is 6.07 Å². The van der Waals surface area contributed by atoms with Crippen LogP contribution in [0.4, 0.5) is 5.69 Å². The number of nitrogen functional groups attached to an aromatic ring is 1. The number of carboxylic acids is 1. The number of benzene rings is 1. The molecular weight excluding hydrogens is 216 g/mol. The highest BCUT2D eigenvalue weighted by Crippen LogP contribution is 2.30. The lowest BCUT2D eigenvalue weighted by molar-refractivity contribution is 0.0698. The minimum Gasteiger partial charge on any atom is -0.478 e. The zero-order chi connectivity index (χ0) is 12.4. The minimum absolute atomic E-state index is 0.223. The van der Waals surface area contributed by atoms with Crippen LogP contribution in [0.2, 0.25) is 0 Å². The summed E-state index contributed by atoms with van der Waals surface area (Å²) in [5.41, 5.74) is 8.75. The first kappa shape index (κ1) is 11.9. The molecule has 0 saturated carbocycles. The first-order valence-electron chi connectivity index (χ1n) is 5.99. The summed E-state index contributed by atoms with van der Waals surface area (Å²) in [5, 5.41) is 9.01. The molecule has 0 aromatic heterocycles. The molecule has 4 nitrogen and oxygen atoms in total. The SMILES string of the molecule is CCCCN1Cc2ccc(C(=O)O)c(N)c2C1. The Morgan fingerprint density at radius 3 is 2.88 bits per heavy atom. The van der Waals surface area contributed by atoms with Gasteiger partial charge in [-0.3, -0.25) is 4.90 Å². The van der Waals surface area contributed by atoms with Crippen molar-refractivity contribution in [3.63, 3.8) is 0 Å². The van der Waals surface area contributed by atoms with Crippen LogP contribution in [0.15, 0.2) is 12.1 Å². The standard InChI is InChI=1S/C13H18N2O2/c1-2-3-6-15-7-9-4-5-10(13(16)17)12(14)11(9)8-15/h4-5H,2-3,6-8,14H2,1H3,(H,16,17). The van der Waals surface area contributed by atoms with Crippen LogP contribution in [0.3, 0.4) is 0 Å². The Morgan fingerprint density at radius 1 is 1.47 bits per heavy atom. The third-order valence-corrected chi connectivity index (χ3v) is 3.29. The largest absolute Gasteiger partial charge is 0.478 e. The lowest BCUT2D eigenvalue weighted by atomic mass is 10.0. The number of fused-ring (bicyclic) bond motifs is 1. The van der Waals surface area contributed by atoms with Gasteiger partial charge in [0.1, 0.15) is 0 Å². The van der Waals surface area contributed by atoms with E-state index in [-0.39, 0.29) is 5.56 Å². The second kappa shape index (κ2) is 4.75. The van der Waals surface area contributed by atoms with E-state index < -0.39 is 5.97 Å². The monoisotopic (exact) mass is 234 g/mol. The van der Waals surface area contributed by atoms with Gasteiger partial charge in [0, 0.05) is 13.1 Å². The molecule has 0 fully saturated rings. The summed E-state index contributed by atoms with van der Waals surface area (Å²) < 4.78 is 0. The Labute approximate surface area is 101 Å². The molecule has 1 aromatic carbocycles. The number of anilines is 1. The van der Waals surface area contributed by atoms with Crippen molar-refractivity contribution >= 4 is 11.7 Å². The minimum atomic E-state index is -0.947. The van der Waals surface area contributed by atoms with Gasteiger partial charge in [-0.05, 0) is 30.2 Å². The zero-order valence-corrected chi connectivity index (χ0v) is 10.1. The average Bonchev–Trinajstić information content (AvgIpc) is 2.70. The molecule has 3 N–H and O–H groups in total. The molecule has 0 saturated heterocycles. The highest BCUT2D eigenvalue weighted by molar-refractivity contribution is 5.94. The number of hydrogen-bond donors (Lipinski definition) is 2. The van der Waals surface area contributed by atoms with E-state index in [9.17, 15) is 4.79 Å². The van der Waals surface area contributed by atoms with Crippen LogP contribution in [-0.2, 0) is 13.1 Å². The fourth-order valence-corrected chi connectivity index (χ4v) is 2.29. The van der Waals surface area contributed by atoms with Crippen molar-refractivity contribution in [2.75, 3.05) is 12.3 Å². The molecule has 0 spiro atoms. The maximum absolute atomic E-state index is 11.0. The van der Waals surface area contributed by atoms with Gasteiger partial charge >= 0.3 is 5.97 Å². The van der Waals surface area contributed by atoms with E-state index in [4.69, 9.17) is 10.8 Å². The molecule has 1 aliphatic heterocycles. The molecule has 0 radical (unpaired) electrons. The van der Waals surface area contributed by atoms with Crippen LogP contribution in [-0.4, -0.2) is 22.5 Å². The van der Waals surface area contributed by atoms with Crippen LogP contribution < -0.4 is 5.73 Å². The molecule has 0 aliphatic carbocycles. The number of carbonyl (C=O) groups is 1. The topological polar surface area (TPSA) is 66.6 Å². The molecule has 0 amide bonds. The first-order chi connectivity index (χ1) is 8.13. The van der Waals surface area contributed by atoms with Crippen molar-refractivity contribution in [2.24, 2.45) is 0 Å². The van der Waals surface area contributed by atoms with Gasteiger partial charge in [0.2, 0.25) is 0 Å². The molecule has 0 bridgehead atoms. The van der Waals surface area contributed by atoms with Gasteiger partial charge in [-0.1, -0.05) is 19.4 Å². The van der Waals surface area contributed by atoms with E-state index >= 15 is 0 Å². The number of hydrogen-bond acceptors (Lipinski definition) is 3. The van der Waals surface area contributed by atoms with Crippen LogP contribution in [0.5, 0.6) is 0 Å². The third kappa shape index (κ3) is 2.26. The van der Waals surface area contributed by atoms with E-state index in [0.29, 0.717) is 5.69 Å². The summed E-state index contributed by atoms with van der Waals surface area (Å²) >= 11 is 0. The normalized spacial score (nSPS) is 14.9. The molecule has 2 rings (SSSR count). The van der Waals surface area contributed by atoms with Crippen LogP contribution >= 0.6 is 0 Å². The van der Waals surface area contributed by atoms with Crippen molar-refractivity contribution in [3.8, 4) is 0 Å². The molecular formula is C13H18N2O2. The second-order valence-electron chi connectivity index (χ2n) is 4.53. The van der Waals surface area contributed by atoms with E-state index in [2.05, 4.69) is 11.8 Å². The van der Waals surface area contributed by atoms with Crippen LogP contribution in [0.25, 0.3) is 0 Å². The summed E-state index contributed by atoms with van der Waals surface area (Å²) in [6, 6.07) is 3.50. The molecule has 1 heterocycles. The van der Waals surface area contributed by atoms with Gasteiger partial charge in [-0.25, -0.2) is 4.79 Å². The smallest absolute Gasteiger partial charge is 0.337 e. The number of aromatic carboxylic acids is 1. The van der Waals surface area contributed by atoms with Crippen molar-refractivity contribution in [1.82, 2.24) is 4.90 Å². The number of carboxylic acid groups (broad SMARTS) is 1. The number of unbranched alkanes of at least 4 members (excludes halogenated alkanes) is 1. The highest BCUT2D eigenvalue weighted by atomic mass is 16.4. The van der Waals surface area contributed by atoms with Gasteiger partial charge in [0.25, 0.3) is 0 Å². The lowest BCUT2D eigenvalue weighted by Crippen LogP contribution is -2.17. The first-order valence-corrected chi connectivity index (χ1v) is 5.99. The Bertz CT molecular complexity index is 443. The fourth-order valence-electron chi connectivity index (χ4n) is 2.29. The second-order valence-corrected chi connectivity index (χ2v) is 4.53. The van der Waals surface area contributed by atoms with Gasteiger partial charge in [-0.15, -0.1) is 0 Å². The van der Waals surface area contributed by atoms with Crippen LogP contribution in [0.1, 0.15) is 41.3 Å². The summed E-state index contributed by atoms with van der Waals surface area (Å²) in [6.45, 7) is 4.88. The maximum Gasteiger partial charge on any atom is 0.337 e. The molecule has 1 aromatic rings. The van der Waals surface area contributed by atoms with Crippen molar-refractivity contribution in [1.29, 1.82) is 0 Å². The van der Waals surface area contributed by atoms with Gasteiger partial charge in [-0.2, -0.15) is 0 Å². The molecule has 1 aliphatic rings. The van der Waals surface area contributed by atoms with Crippen molar-refractivity contribution < 1.29 is 9.90 Å². The number of rotatable bonds is 4. The molecule has 92 valence electrons. The van der Waals surface area contributed by atoms with Crippen LogP contribution in [0, 0.1) is 0 Å². The highest BCUT2D eigenvalue weighted by Gasteiger charge is 2.23. The number of nitrogens with zero attached hydrogens (tertiary/aromatic N) is 1. The zero-order valence-electron chi connectivity index (χ0n) is 10.1. The van der Waals surface area contributed by atoms with E-state index in [1.807, 2.05) is 6.07 Å². The summed E-state index contributed by atoms with van der Waals surface area (Å²) in [7, 11) is 0. The van der Waals surface area contributed by atoms with Gasteiger partial charge < -0.3 is 10.8 Å². The van der Waals surface area contributed by atoms with E-state index in [0.717, 1.165) is 25.2 Å². The summed E-state index contributed by atoms with van der Waals surface area (Å²) in [6.07, 6.45) is 2.34. The van der Waals surface area contributed by atoms with Crippen molar-refractivity contribution in [3.05, 3.63) is 28.8 Å². The average molecular weight is 234 g/mol. The van der Waals surface area contributed by atoms with Gasteiger partial charge in [0.05, 0.1) is 11.3 Å². The Morgan fingerprint density at radius 2 is 2.24 bits per heavy atom. The molecule has 0 atom stereocenters. The van der Waals surface area contributed by atoms with Gasteiger partial charge in [0.15, 0.2) is 0 Å². The molecule has 4 heteroatoms. The Kier molecular flexibility index (Phi) is 3.33. The third-order valence-electron chi connectivity index (χ3n) is 3.29. The summed E-state index contributed by atoms with van der Waals surface area (Å²) in [5.74, 6) is -0.947. The fraction of sp³-hybridized carbons (Fsp3) is 0.462. The predicted octanol–water partition coefficient (Wildman–Crippen LogP) is 2.08. The summed E-state index contributed by atoms with van der Waals surface area (Å²) in [4.78, 5) is 13.3. The molecule has 0 unspecified atom stereocenters.